The summed E-state index contributed by atoms with van der Waals surface area (Å²) in [6.45, 7) is 4.60. The molecule has 3 nitrogen and oxygen atoms in total. The van der Waals surface area contributed by atoms with Crippen LogP contribution in [0, 0.1) is 6.92 Å². The number of carbonyl (C=O) groups excluding carboxylic acids is 1. The van der Waals surface area contributed by atoms with Crippen molar-refractivity contribution < 1.29 is 4.79 Å². The van der Waals surface area contributed by atoms with Crippen LogP contribution in [0.25, 0.3) is 0 Å². The number of nitrogens with one attached hydrogen (secondary N) is 1. The summed E-state index contributed by atoms with van der Waals surface area (Å²) in [5.74, 6) is 0. The van der Waals surface area contributed by atoms with Crippen LogP contribution >= 0.6 is 15.9 Å². The van der Waals surface area contributed by atoms with Crippen LogP contribution in [-0.2, 0) is 0 Å². The summed E-state index contributed by atoms with van der Waals surface area (Å²) < 4.78 is 1.02. The first kappa shape index (κ1) is 12.0. The lowest BCUT2D eigenvalue weighted by molar-refractivity contribution is 0.224. The van der Waals surface area contributed by atoms with Gasteiger partial charge in [0.15, 0.2) is 0 Å². The van der Waals surface area contributed by atoms with Gasteiger partial charge in [-0.05, 0) is 37.6 Å². The lowest BCUT2D eigenvalue weighted by atomic mass is 10.2. The summed E-state index contributed by atoms with van der Waals surface area (Å²) in [6.07, 6.45) is 0. The van der Waals surface area contributed by atoms with Gasteiger partial charge in [0, 0.05) is 23.8 Å². The Balaban J connectivity index is 2.77. The highest BCUT2D eigenvalue weighted by molar-refractivity contribution is 9.10. The number of nitrogens with zero attached hydrogens (tertiary/aromatic N) is 1. The first-order chi connectivity index (χ1) is 7.04. The molecule has 0 saturated carbocycles. The third kappa shape index (κ3) is 3.23. The zero-order valence-corrected chi connectivity index (χ0v) is 10.8. The van der Waals surface area contributed by atoms with Crippen molar-refractivity contribution in [1.29, 1.82) is 0 Å². The SMILES string of the molecule is CCN(C)C(=O)Nc1ccc(Br)cc1C. The van der Waals surface area contributed by atoms with E-state index in [2.05, 4.69) is 21.2 Å². The fourth-order valence-corrected chi connectivity index (χ4v) is 1.60. The predicted octanol–water partition coefficient (Wildman–Crippen LogP) is 3.24. The van der Waals surface area contributed by atoms with Crippen LogP contribution in [0.2, 0.25) is 0 Å². The van der Waals surface area contributed by atoms with Crippen LogP contribution in [0.5, 0.6) is 0 Å². The molecule has 0 aliphatic heterocycles. The number of amides is 2. The molecule has 0 bridgehead atoms. The normalized spacial score (nSPS) is 9.87. The van der Waals surface area contributed by atoms with Crippen LogP contribution < -0.4 is 5.32 Å². The quantitative estimate of drug-likeness (QED) is 0.879. The van der Waals surface area contributed by atoms with E-state index < -0.39 is 0 Å². The van der Waals surface area contributed by atoms with E-state index >= 15 is 0 Å². The number of carbonyl (C=O) groups is 1. The maximum atomic E-state index is 11.6. The molecule has 1 rings (SSSR count). The topological polar surface area (TPSA) is 32.3 Å². The maximum Gasteiger partial charge on any atom is 0.321 e. The average Bonchev–Trinajstić information content (AvgIpc) is 2.20. The van der Waals surface area contributed by atoms with E-state index in [-0.39, 0.29) is 6.03 Å². The van der Waals surface area contributed by atoms with E-state index in [1.165, 1.54) is 0 Å². The van der Waals surface area contributed by atoms with Crippen LogP contribution in [0.15, 0.2) is 22.7 Å². The van der Waals surface area contributed by atoms with Gasteiger partial charge in [0.1, 0.15) is 0 Å². The highest BCUT2D eigenvalue weighted by Gasteiger charge is 2.07. The fraction of sp³-hybridized carbons (Fsp3) is 0.364. The molecular formula is C11H15BrN2O. The van der Waals surface area contributed by atoms with Crippen LogP contribution in [0.1, 0.15) is 12.5 Å². The summed E-state index contributed by atoms with van der Waals surface area (Å²) >= 11 is 3.38. The summed E-state index contributed by atoms with van der Waals surface area (Å²) in [5, 5.41) is 2.85. The van der Waals surface area contributed by atoms with Crippen molar-refractivity contribution in [3.8, 4) is 0 Å². The van der Waals surface area contributed by atoms with Gasteiger partial charge in [-0.1, -0.05) is 15.9 Å². The Hall–Kier alpha value is -1.03. The number of rotatable bonds is 2. The molecule has 0 aliphatic carbocycles. The summed E-state index contributed by atoms with van der Waals surface area (Å²) in [5.41, 5.74) is 1.89. The zero-order valence-electron chi connectivity index (χ0n) is 9.17. The van der Waals surface area contributed by atoms with E-state index in [1.807, 2.05) is 32.0 Å². The Morgan fingerprint density at radius 3 is 2.73 bits per heavy atom. The summed E-state index contributed by atoms with van der Waals surface area (Å²) in [7, 11) is 1.77. The van der Waals surface area contributed by atoms with Crippen molar-refractivity contribution in [1.82, 2.24) is 4.90 Å². The molecule has 0 aliphatic rings. The second-order valence-electron chi connectivity index (χ2n) is 3.40. The maximum absolute atomic E-state index is 11.6. The third-order valence-corrected chi connectivity index (χ3v) is 2.74. The van der Waals surface area contributed by atoms with E-state index in [9.17, 15) is 4.79 Å². The number of aryl methyl sites for hydroxylation is 1. The Kier molecular flexibility index (Phi) is 4.15. The lowest BCUT2D eigenvalue weighted by Crippen LogP contribution is -2.31. The van der Waals surface area contributed by atoms with Gasteiger partial charge < -0.3 is 10.2 Å². The molecular weight excluding hydrogens is 256 g/mol. The first-order valence-electron chi connectivity index (χ1n) is 4.83. The highest BCUT2D eigenvalue weighted by Crippen LogP contribution is 2.20. The van der Waals surface area contributed by atoms with Crippen LogP contribution in [0.4, 0.5) is 10.5 Å². The van der Waals surface area contributed by atoms with Crippen LogP contribution in [-0.4, -0.2) is 24.5 Å². The number of benzene rings is 1. The summed E-state index contributed by atoms with van der Waals surface area (Å²) in [6, 6.07) is 5.69. The van der Waals surface area contributed by atoms with Gasteiger partial charge in [-0.2, -0.15) is 0 Å². The zero-order chi connectivity index (χ0) is 11.4. The fourth-order valence-electron chi connectivity index (χ4n) is 1.12. The molecule has 4 heteroatoms. The minimum absolute atomic E-state index is 0.0806. The molecule has 82 valence electrons. The molecule has 0 saturated heterocycles. The standard InChI is InChI=1S/C11H15BrN2O/c1-4-14(3)11(15)13-10-6-5-9(12)7-8(10)2/h5-7H,4H2,1-3H3,(H,13,15). The molecule has 1 aromatic carbocycles. The number of urea groups is 1. The van der Waals surface area contributed by atoms with Gasteiger partial charge >= 0.3 is 6.03 Å². The number of hydrogen-bond acceptors (Lipinski definition) is 1. The highest BCUT2D eigenvalue weighted by atomic mass is 79.9. The molecule has 0 atom stereocenters. The van der Waals surface area contributed by atoms with E-state index in [0.717, 1.165) is 15.7 Å². The Morgan fingerprint density at radius 2 is 2.20 bits per heavy atom. The second-order valence-corrected chi connectivity index (χ2v) is 4.32. The molecule has 0 spiro atoms. The van der Waals surface area contributed by atoms with Gasteiger partial charge in [-0.3, -0.25) is 0 Å². The molecule has 0 radical (unpaired) electrons. The Bertz CT molecular complexity index is 366. The predicted molar refractivity (Wildman–Crippen MR) is 66.2 cm³/mol. The molecule has 0 heterocycles. The third-order valence-electron chi connectivity index (χ3n) is 2.25. The van der Waals surface area contributed by atoms with Gasteiger partial charge in [-0.15, -0.1) is 0 Å². The molecule has 0 aromatic heterocycles. The number of halogens is 1. The van der Waals surface area contributed by atoms with Gasteiger partial charge in [0.05, 0.1) is 0 Å². The van der Waals surface area contributed by atoms with Gasteiger partial charge in [-0.25, -0.2) is 4.79 Å². The molecule has 1 aromatic rings. The second kappa shape index (κ2) is 5.16. The molecule has 0 unspecified atom stereocenters. The van der Waals surface area contributed by atoms with Crippen LogP contribution in [0.3, 0.4) is 0 Å². The smallest absolute Gasteiger partial charge is 0.321 e. The molecule has 15 heavy (non-hydrogen) atoms. The van der Waals surface area contributed by atoms with E-state index in [4.69, 9.17) is 0 Å². The Labute approximate surface area is 98.6 Å². The van der Waals surface area contributed by atoms with Crippen molar-refractivity contribution in [2.75, 3.05) is 18.9 Å². The number of hydrogen-bond donors (Lipinski definition) is 1. The van der Waals surface area contributed by atoms with Crippen molar-refractivity contribution in [3.63, 3.8) is 0 Å². The minimum Gasteiger partial charge on any atom is -0.328 e. The number of anilines is 1. The van der Waals surface area contributed by atoms with Crippen molar-refractivity contribution in [2.45, 2.75) is 13.8 Å². The monoisotopic (exact) mass is 270 g/mol. The van der Waals surface area contributed by atoms with Crippen molar-refractivity contribution >= 4 is 27.6 Å². The van der Waals surface area contributed by atoms with E-state index in [0.29, 0.717) is 6.54 Å². The van der Waals surface area contributed by atoms with Gasteiger partial charge in [0.25, 0.3) is 0 Å². The van der Waals surface area contributed by atoms with Crippen molar-refractivity contribution in [3.05, 3.63) is 28.2 Å². The van der Waals surface area contributed by atoms with Crippen molar-refractivity contribution in [2.24, 2.45) is 0 Å². The summed E-state index contributed by atoms with van der Waals surface area (Å²) in [4.78, 5) is 13.2. The largest absolute Gasteiger partial charge is 0.328 e. The molecule has 1 N–H and O–H groups in total. The average molecular weight is 271 g/mol. The van der Waals surface area contributed by atoms with Gasteiger partial charge in [0.2, 0.25) is 0 Å². The molecule has 2 amide bonds. The molecule has 0 fully saturated rings. The lowest BCUT2D eigenvalue weighted by Gasteiger charge is -2.16. The van der Waals surface area contributed by atoms with E-state index in [1.54, 1.807) is 11.9 Å². The first-order valence-corrected chi connectivity index (χ1v) is 5.62. The Morgan fingerprint density at radius 1 is 1.53 bits per heavy atom. The minimum atomic E-state index is -0.0806.